The Balaban J connectivity index is 5.04. The molecule has 0 aliphatic heterocycles. The van der Waals surface area contributed by atoms with Crippen LogP contribution in [0, 0.1) is 0 Å². The van der Waals surface area contributed by atoms with Crippen molar-refractivity contribution < 1.29 is 35.1 Å². The largest absolute Gasteiger partial charge is 0.394 e. The van der Waals surface area contributed by atoms with E-state index in [-0.39, 0.29) is 6.29 Å². The van der Waals surface area contributed by atoms with Crippen LogP contribution in [0.25, 0.3) is 0 Å². The van der Waals surface area contributed by atoms with Crippen LogP contribution in [0.4, 0.5) is 0 Å². The lowest BCUT2D eigenvalue weighted by Gasteiger charge is -2.36. The summed E-state index contributed by atoms with van der Waals surface area (Å²) in [5.74, 6) is -0.840. The monoisotopic (exact) mass is 237 g/mol. The van der Waals surface area contributed by atoms with E-state index >= 15 is 0 Å². The Labute approximate surface area is 91.1 Å². The minimum atomic E-state index is -2.75. The molecule has 0 aromatic heterocycles. The van der Waals surface area contributed by atoms with Gasteiger partial charge in [0, 0.05) is 6.92 Å². The lowest BCUT2D eigenvalue weighted by Crippen LogP contribution is -2.67. The van der Waals surface area contributed by atoms with E-state index in [9.17, 15) is 19.8 Å². The van der Waals surface area contributed by atoms with Gasteiger partial charge in [-0.1, -0.05) is 0 Å². The van der Waals surface area contributed by atoms with Crippen molar-refractivity contribution in [3.8, 4) is 0 Å². The van der Waals surface area contributed by atoms with Crippen LogP contribution in [-0.2, 0) is 9.59 Å². The quantitative estimate of drug-likeness (QED) is 0.204. The molecule has 8 nitrogen and oxygen atoms in total. The highest BCUT2D eigenvalue weighted by molar-refractivity contribution is 5.75. The van der Waals surface area contributed by atoms with Crippen LogP contribution < -0.4 is 5.32 Å². The molecule has 0 saturated heterocycles. The lowest BCUT2D eigenvalue weighted by molar-refractivity contribution is -0.196. The Hall–Kier alpha value is -1.06. The number of amides is 1. The number of hydrogen-bond acceptors (Lipinski definition) is 7. The zero-order valence-corrected chi connectivity index (χ0v) is 8.57. The molecule has 16 heavy (non-hydrogen) atoms. The predicted octanol–water partition coefficient (Wildman–Crippen LogP) is -3.92. The molecule has 0 spiro atoms. The molecule has 0 aromatic carbocycles. The minimum Gasteiger partial charge on any atom is -0.394 e. The molecule has 8 heteroatoms. The molecule has 0 unspecified atom stereocenters. The number of carbonyl (C=O) groups excluding carboxylic acids is 2. The normalized spacial score (nSPS) is 20.4. The summed E-state index contributed by atoms with van der Waals surface area (Å²) >= 11 is 0. The van der Waals surface area contributed by atoms with Crippen LogP contribution in [0.3, 0.4) is 0 Å². The van der Waals surface area contributed by atoms with Gasteiger partial charge >= 0.3 is 0 Å². The van der Waals surface area contributed by atoms with Crippen LogP contribution in [0.5, 0.6) is 0 Å². The third-order valence-corrected chi connectivity index (χ3v) is 1.96. The van der Waals surface area contributed by atoms with Gasteiger partial charge in [0.2, 0.25) is 5.91 Å². The number of aldehydes is 1. The van der Waals surface area contributed by atoms with Crippen molar-refractivity contribution in [1.29, 1.82) is 0 Å². The Morgan fingerprint density at radius 1 is 1.44 bits per heavy atom. The topological polar surface area (TPSA) is 147 Å². The molecular formula is C8H15NO7. The van der Waals surface area contributed by atoms with Gasteiger partial charge in [-0.05, 0) is 0 Å². The first kappa shape index (κ1) is 14.9. The van der Waals surface area contributed by atoms with Crippen molar-refractivity contribution in [3.63, 3.8) is 0 Å². The van der Waals surface area contributed by atoms with Gasteiger partial charge in [0.15, 0.2) is 18.1 Å². The van der Waals surface area contributed by atoms with Gasteiger partial charge in [0.1, 0.15) is 12.2 Å². The summed E-state index contributed by atoms with van der Waals surface area (Å²) in [6.45, 7) is 0.0508. The Bertz CT molecular complexity index is 259. The summed E-state index contributed by atoms with van der Waals surface area (Å²) in [6.07, 6.45) is -6.22. The highest BCUT2D eigenvalue weighted by Gasteiger charge is 2.46. The molecule has 0 radical (unpaired) electrons. The number of rotatable bonds is 6. The average molecular weight is 237 g/mol. The summed E-state index contributed by atoms with van der Waals surface area (Å²) in [4.78, 5) is 21.1. The number of aliphatic hydroxyl groups excluding tert-OH is 4. The molecule has 0 aromatic rings. The molecule has 0 fully saturated rings. The summed E-state index contributed by atoms with van der Waals surface area (Å²) in [5, 5.41) is 47.6. The second-order valence-electron chi connectivity index (χ2n) is 3.28. The van der Waals surface area contributed by atoms with E-state index in [0.717, 1.165) is 6.92 Å². The number of nitrogens with one attached hydrogen (secondary N) is 1. The fourth-order valence-electron chi connectivity index (χ4n) is 1.10. The third-order valence-electron chi connectivity index (χ3n) is 1.96. The molecule has 0 rings (SSSR count). The third kappa shape index (κ3) is 3.22. The maximum Gasteiger partial charge on any atom is 0.219 e. The van der Waals surface area contributed by atoms with Crippen LogP contribution >= 0.6 is 0 Å². The average Bonchev–Trinajstić information content (AvgIpc) is 2.24. The van der Waals surface area contributed by atoms with Crippen molar-refractivity contribution in [2.24, 2.45) is 0 Å². The molecule has 0 saturated carbocycles. The van der Waals surface area contributed by atoms with E-state index in [1.807, 2.05) is 0 Å². The first-order chi connectivity index (χ1) is 7.29. The molecule has 6 N–H and O–H groups in total. The maximum absolute atomic E-state index is 10.7. The number of carbonyl (C=O) groups is 2. The Morgan fingerprint density at radius 2 is 1.94 bits per heavy atom. The molecule has 0 bridgehead atoms. The van der Waals surface area contributed by atoms with Gasteiger partial charge in [-0.25, -0.2) is 0 Å². The highest BCUT2D eigenvalue weighted by atomic mass is 16.4. The Morgan fingerprint density at radius 3 is 2.25 bits per heavy atom. The second kappa shape index (κ2) is 5.87. The van der Waals surface area contributed by atoms with Crippen LogP contribution in [0.1, 0.15) is 6.92 Å². The molecule has 94 valence electrons. The zero-order valence-electron chi connectivity index (χ0n) is 8.57. The molecular weight excluding hydrogens is 222 g/mol. The van der Waals surface area contributed by atoms with Crippen molar-refractivity contribution in [1.82, 2.24) is 5.32 Å². The van der Waals surface area contributed by atoms with Crippen LogP contribution in [-0.4, -0.2) is 68.4 Å². The fraction of sp³-hybridized carbons (Fsp3) is 0.750. The standard InChI is InChI=1S/C8H15NO7/c1-4(12)9-8(16,6(14)3-11)7(15)5(13)2-10/h3,5-7,10,13-16H,2H2,1H3,(H,9,12)/t5-,6+,7-,8-/m1/s1. The van der Waals surface area contributed by atoms with Crippen LogP contribution in [0.15, 0.2) is 0 Å². The van der Waals surface area contributed by atoms with E-state index in [1.54, 1.807) is 5.32 Å². The molecule has 0 aliphatic rings. The smallest absolute Gasteiger partial charge is 0.219 e. The Kier molecular flexibility index (Phi) is 5.48. The first-order valence-electron chi connectivity index (χ1n) is 4.41. The van der Waals surface area contributed by atoms with E-state index in [2.05, 4.69) is 0 Å². The predicted molar refractivity (Wildman–Crippen MR) is 49.9 cm³/mol. The van der Waals surface area contributed by atoms with Crippen molar-refractivity contribution in [2.45, 2.75) is 31.0 Å². The van der Waals surface area contributed by atoms with Gasteiger partial charge in [0.05, 0.1) is 6.61 Å². The first-order valence-corrected chi connectivity index (χ1v) is 4.41. The zero-order chi connectivity index (χ0) is 12.9. The summed E-state index contributed by atoms with van der Waals surface area (Å²) in [6, 6.07) is 0. The molecule has 0 aliphatic carbocycles. The van der Waals surface area contributed by atoms with E-state index in [0.29, 0.717) is 0 Å². The van der Waals surface area contributed by atoms with Crippen molar-refractivity contribution in [3.05, 3.63) is 0 Å². The van der Waals surface area contributed by atoms with Crippen LogP contribution in [0.2, 0.25) is 0 Å². The molecule has 4 atom stereocenters. The van der Waals surface area contributed by atoms with Crippen molar-refractivity contribution >= 4 is 12.2 Å². The molecule has 0 heterocycles. The number of aliphatic hydroxyl groups is 5. The van der Waals surface area contributed by atoms with Gasteiger partial charge in [-0.2, -0.15) is 0 Å². The van der Waals surface area contributed by atoms with E-state index in [1.165, 1.54) is 0 Å². The van der Waals surface area contributed by atoms with Gasteiger partial charge < -0.3 is 35.6 Å². The SMILES string of the molecule is CC(=O)N[C@](O)([C@H](O)[C@H](O)CO)[C@@H](O)C=O. The molecule has 1 amide bonds. The minimum absolute atomic E-state index is 0.122. The van der Waals surface area contributed by atoms with E-state index in [4.69, 9.17) is 15.3 Å². The summed E-state index contributed by atoms with van der Waals surface area (Å²) < 4.78 is 0. The summed E-state index contributed by atoms with van der Waals surface area (Å²) in [5.41, 5.74) is -2.75. The van der Waals surface area contributed by atoms with Gasteiger partial charge in [0.25, 0.3) is 0 Å². The van der Waals surface area contributed by atoms with Gasteiger partial charge in [-0.15, -0.1) is 0 Å². The van der Waals surface area contributed by atoms with Crippen molar-refractivity contribution in [2.75, 3.05) is 6.61 Å². The summed E-state index contributed by atoms with van der Waals surface area (Å²) in [7, 11) is 0. The fourth-order valence-corrected chi connectivity index (χ4v) is 1.10. The van der Waals surface area contributed by atoms with Gasteiger partial charge in [-0.3, -0.25) is 4.79 Å². The second-order valence-corrected chi connectivity index (χ2v) is 3.28. The highest BCUT2D eigenvalue weighted by Crippen LogP contribution is 2.15. The lowest BCUT2D eigenvalue weighted by atomic mass is 9.96. The number of hydrogen-bond donors (Lipinski definition) is 6. The van der Waals surface area contributed by atoms with E-state index < -0.39 is 36.6 Å². The maximum atomic E-state index is 10.7.